The third-order valence-corrected chi connectivity index (χ3v) is 4.38. The molecule has 0 fully saturated rings. The molecule has 3 aromatic rings. The van der Waals surface area contributed by atoms with E-state index in [9.17, 15) is 0 Å². The van der Waals surface area contributed by atoms with E-state index in [1.165, 1.54) is 0 Å². The highest BCUT2D eigenvalue weighted by atomic mass is 35.5. The van der Waals surface area contributed by atoms with Gasteiger partial charge in [-0.25, -0.2) is 4.98 Å². The van der Waals surface area contributed by atoms with Gasteiger partial charge in [-0.05, 0) is 42.0 Å². The first kappa shape index (κ1) is 13.6. The maximum absolute atomic E-state index is 6.14. The smallest absolute Gasteiger partial charge is 0.166 e. The van der Waals surface area contributed by atoms with E-state index >= 15 is 0 Å². The molecule has 102 valence electrons. The Balaban J connectivity index is 1.81. The van der Waals surface area contributed by atoms with E-state index in [1.807, 2.05) is 24.3 Å². The molecular weight excluding hydrogens is 313 g/mol. The molecule has 0 bridgehead atoms. The van der Waals surface area contributed by atoms with Gasteiger partial charge in [-0.2, -0.15) is 0 Å². The predicted octanol–water partition coefficient (Wildman–Crippen LogP) is 4.74. The Kier molecular flexibility index (Phi) is 3.78. The summed E-state index contributed by atoms with van der Waals surface area (Å²) in [4.78, 5) is 7.73. The fourth-order valence-electron chi connectivity index (χ4n) is 1.87. The van der Waals surface area contributed by atoms with Gasteiger partial charge in [0.15, 0.2) is 5.16 Å². The molecule has 1 aromatic heterocycles. The summed E-state index contributed by atoms with van der Waals surface area (Å²) in [7, 11) is 0. The Hall–Kier alpha value is -1.36. The van der Waals surface area contributed by atoms with Crippen LogP contribution < -0.4 is 5.73 Å². The van der Waals surface area contributed by atoms with Gasteiger partial charge < -0.3 is 10.7 Å². The highest BCUT2D eigenvalue weighted by Crippen LogP contribution is 2.28. The maximum Gasteiger partial charge on any atom is 0.166 e. The number of imidazole rings is 1. The number of H-pyrrole nitrogens is 1. The van der Waals surface area contributed by atoms with Crippen LogP contribution in [0.3, 0.4) is 0 Å². The summed E-state index contributed by atoms with van der Waals surface area (Å²) in [5.74, 6) is 0.703. The number of hydrogen-bond acceptors (Lipinski definition) is 3. The van der Waals surface area contributed by atoms with Gasteiger partial charge in [0.05, 0.1) is 11.0 Å². The summed E-state index contributed by atoms with van der Waals surface area (Å²) < 4.78 is 0. The Morgan fingerprint density at radius 3 is 2.85 bits per heavy atom. The second-order valence-corrected chi connectivity index (χ2v) is 6.15. The van der Waals surface area contributed by atoms with Gasteiger partial charge in [0, 0.05) is 21.5 Å². The standard InChI is InChI=1S/C14H11Cl2N3S/c15-9-1-3-11(16)8(5-9)7-20-14-18-12-4-2-10(17)6-13(12)19-14/h1-6H,7,17H2,(H,18,19). The molecule has 0 saturated heterocycles. The largest absolute Gasteiger partial charge is 0.399 e. The van der Waals surface area contributed by atoms with Crippen LogP contribution in [0.4, 0.5) is 5.69 Å². The number of aromatic amines is 1. The average molecular weight is 324 g/mol. The summed E-state index contributed by atoms with van der Waals surface area (Å²) in [5.41, 5.74) is 9.29. The van der Waals surface area contributed by atoms with Crippen molar-refractivity contribution >= 4 is 51.7 Å². The molecule has 6 heteroatoms. The third kappa shape index (κ3) is 2.87. The van der Waals surface area contributed by atoms with Gasteiger partial charge in [-0.3, -0.25) is 0 Å². The van der Waals surface area contributed by atoms with Crippen molar-refractivity contribution in [3.8, 4) is 0 Å². The number of aromatic nitrogens is 2. The lowest BCUT2D eigenvalue weighted by Crippen LogP contribution is -1.84. The molecule has 3 nitrogen and oxygen atoms in total. The number of halogens is 2. The van der Waals surface area contributed by atoms with Gasteiger partial charge in [0.25, 0.3) is 0 Å². The van der Waals surface area contributed by atoms with Crippen molar-refractivity contribution in [3.05, 3.63) is 52.0 Å². The van der Waals surface area contributed by atoms with Crippen molar-refractivity contribution in [3.63, 3.8) is 0 Å². The highest BCUT2D eigenvalue weighted by Gasteiger charge is 2.06. The summed E-state index contributed by atoms with van der Waals surface area (Å²) in [6.07, 6.45) is 0. The van der Waals surface area contributed by atoms with Crippen LogP contribution in [0.5, 0.6) is 0 Å². The SMILES string of the molecule is Nc1ccc2nc(SCc3cc(Cl)ccc3Cl)[nH]c2c1. The van der Waals surface area contributed by atoms with Crippen molar-refractivity contribution in [2.45, 2.75) is 10.9 Å². The van der Waals surface area contributed by atoms with Crippen LogP contribution >= 0.6 is 35.0 Å². The molecule has 0 saturated carbocycles. The summed E-state index contributed by atoms with van der Waals surface area (Å²) in [6, 6.07) is 11.1. The second-order valence-electron chi connectivity index (χ2n) is 4.34. The summed E-state index contributed by atoms with van der Waals surface area (Å²) in [6.45, 7) is 0. The third-order valence-electron chi connectivity index (χ3n) is 2.86. The monoisotopic (exact) mass is 323 g/mol. The Bertz CT molecular complexity index is 770. The van der Waals surface area contributed by atoms with E-state index in [4.69, 9.17) is 28.9 Å². The lowest BCUT2D eigenvalue weighted by molar-refractivity contribution is 1.08. The molecule has 3 N–H and O–H groups in total. The normalized spacial score (nSPS) is 11.1. The minimum atomic E-state index is 0.683. The molecular formula is C14H11Cl2N3S. The molecule has 0 atom stereocenters. The van der Waals surface area contributed by atoms with E-state index in [1.54, 1.807) is 23.9 Å². The van der Waals surface area contributed by atoms with Crippen molar-refractivity contribution in [1.29, 1.82) is 0 Å². The number of thioether (sulfide) groups is 1. The highest BCUT2D eigenvalue weighted by molar-refractivity contribution is 7.98. The minimum Gasteiger partial charge on any atom is -0.399 e. The number of anilines is 1. The van der Waals surface area contributed by atoms with E-state index in [0.29, 0.717) is 15.8 Å². The van der Waals surface area contributed by atoms with Gasteiger partial charge in [0.2, 0.25) is 0 Å². The van der Waals surface area contributed by atoms with Crippen LogP contribution in [0.2, 0.25) is 10.0 Å². The number of hydrogen-bond donors (Lipinski definition) is 2. The first-order chi connectivity index (χ1) is 9.61. The van der Waals surface area contributed by atoms with Gasteiger partial charge in [-0.1, -0.05) is 35.0 Å². The first-order valence-corrected chi connectivity index (χ1v) is 7.68. The summed E-state index contributed by atoms with van der Waals surface area (Å²) in [5, 5.41) is 2.23. The van der Waals surface area contributed by atoms with Crippen molar-refractivity contribution in [1.82, 2.24) is 9.97 Å². The topological polar surface area (TPSA) is 54.7 Å². The molecule has 2 aromatic carbocycles. The Labute approximate surface area is 130 Å². The molecule has 0 radical (unpaired) electrons. The molecule has 0 aliphatic rings. The number of benzene rings is 2. The van der Waals surface area contributed by atoms with E-state index in [0.717, 1.165) is 27.4 Å². The quantitative estimate of drug-likeness (QED) is 0.540. The second kappa shape index (κ2) is 5.56. The predicted molar refractivity (Wildman–Crippen MR) is 86.5 cm³/mol. The zero-order valence-electron chi connectivity index (χ0n) is 10.4. The van der Waals surface area contributed by atoms with Gasteiger partial charge in [0.1, 0.15) is 0 Å². The molecule has 0 aliphatic heterocycles. The fourth-order valence-corrected chi connectivity index (χ4v) is 3.21. The van der Waals surface area contributed by atoms with Gasteiger partial charge >= 0.3 is 0 Å². The molecule has 3 rings (SSSR count). The minimum absolute atomic E-state index is 0.683. The molecule has 0 aliphatic carbocycles. The van der Waals surface area contributed by atoms with Crippen LogP contribution in [-0.4, -0.2) is 9.97 Å². The van der Waals surface area contributed by atoms with E-state index < -0.39 is 0 Å². The van der Waals surface area contributed by atoms with Crippen LogP contribution in [0.15, 0.2) is 41.6 Å². The lowest BCUT2D eigenvalue weighted by Gasteiger charge is -2.03. The van der Waals surface area contributed by atoms with E-state index in [2.05, 4.69) is 9.97 Å². The van der Waals surface area contributed by atoms with E-state index in [-0.39, 0.29) is 0 Å². The van der Waals surface area contributed by atoms with Crippen LogP contribution in [0.25, 0.3) is 11.0 Å². The number of nitrogens with one attached hydrogen (secondary N) is 1. The zero-order valence-corrected chi connectivity index (χ0v) is 12.7. The van der Waals surface area contributed by atoms with Crippen LogP contribution in [0.1, 0.15) is 5.56 Å². The molecule has 0 spiro atoms. The van der Waals surface area contributed by atoms with Crippen molar-refractivity contribution in [2.75, 3.05) is 5.73 Å². The van der Waals surface area contributed by atoms with Gasteiger partial charge in [-0.15, -0.1) is 0 Å². The number of nitrogen functional groups attached to an aromatic ring is 1. The molecule has 0 unspecified atom stereocenters. The average Bonchev–Trinajstić information content (AvgIpc) is 2.81. The maximum atomic E-state index is 6.14. The van der Waals surface area contributed by atoms with Crippen molar-refractivity contribution < 1.29 is 0 Å². The number of fused-ring (bicyclic) bond motifs is 1. The number of nitrogens with two attached hydrogens (primary N) is 1. The number of nitrogens with zero attached hydrogens (tertiary/aromatic N) is 1. The van der Waals surface area contributed by atoms with Crippen LogP contribution in [0, 0.1) is 0 Å². The molecule has 1 heterocycles. The fraction of sp³-hybridized carbons (Fsp3) is 0.0714. The van der Waals surface area contributed by atoms with Crippen molar-refractivity contribution in [2.24, 2.45) is 0 Å². The first-order valence-electron chi connectivity index (χ1n) is 5.94. The zero-order chi connectivity index (χ0) is 14.1. The Morgan fingerprint density at radius 1 is 1.15 bits per heavy atom. The Morgan fingerprint density at radius 2 is 2.00 bits per heavy atom. The molecule has 20 heavy (non-hydrogen) atoms. The molecule has 0 amide bonds. The lowest BCUT2D eigenvalue weighted by atomic mass is 10.2. The van der Waals surface area contributed by atoms with Crippen LogP contribution in [-0.2, 0) is 5.75 Å². The number of rotatable bonds is 3. The summed E-state index contributed by atoms with van der Waals surface area (Å²) >= 11 is 13.7.